The summed E-state index contributed by atoms with van der Waals surface area (Å²) >= 11 is 3.45. The topological polar surface area (TPSA) is 25.4 Å². The highest BCUT2D eigenvalue weighted by molar-refractivity contribution is 9.10. The van der Waals surface area contributed by atoms with Crippen molar-refractivity contribution in [3.05, 3.63) is 22.3 Å². The van der Waals surface area contributed by atoms with Gasteiger partial charge in [0.15, 0.2) is 0 Å². The van der Waals surface area contributed by atoms with E-state index in [-0.39, 0.29) is 0 Å². The van der Waals surface area contributed by atoms with Gasteiger partial charge < -0.3 is 9.64 Å². The molecule has 0 atom stereocenters. The Balaban J connectivity index is 2.17. The average Bonchev–Trinajstić information content (AvgIpc) is 3.05. The number of halogens is 1. The van der Waals surface area contributed by atoms with Crippen LogP contribution in [0.2, 0.25) is 0 Å². The lowest BCUT2D eigenvalue weighted by Gasteiger charge is -2.24. The smallest absolute Gasteiger partial charge is 0.131 e. The van der Waals surface area contributed by atoms with Gasteiger partial charge in [0.2, 0.25) is 0 Å². The lowest BCUT2D eigenvalue weighted by molar-refractivity contribution is 0.204. The molecule has 0 radical (unpaired) electrons. The summed E-state index contributed by atoms with van der Waals surface area (Å²) in [5.74, 6) is 1.10. The molecule has 16 heavy (non-hydrogen) atoms. The number of rotatable bonds is 5. The van der Waals surface area contributed by atoms with E-state index < -0.39 is 0 Å². The van der Waals surface area contributed by atoms with Crippen molar-refractivity contribution in [2.75, 3.05) is 25.2 Å². The van der Waals surface area contributed by atoms with Crippen LogP contribution in [0.3, 0.4) is 0 Å². The van der Waals surface area contributed by atoms with E-state index in [9.17, 15) is 0 Å². The number of hydrogen-bond acceptors (Lipinski definition) is 3. The zero-order valence-corrected chi connectivity index (χ0v) is 11.3. The fourth-order valence-electron chi connectivity index (χ4n) is 1.87. The van der Waals surface area contributed by atoms with E-state index in [0.717, 1.165) is 23.4 Å². The van der Waals surface area contributed by atoms with Crippen LogP contribution >= 0.6 is 15.9 Å². The third-order valence-electron chi connectivity index (χ3n) is 2.81. The predicted molar refractivity (Wildman–Crippen MR) is 68.9 cm³/mol. The van der Waals surface area contributed by atoms with Gasteiger partial charge in [0.1, 0.15) is 5.82 Å². The first kappa shape index (κ1) is 11.9. The van der Waals surface area contributed by atoms with E-state index in [0.29, 0.717) is 6.04 Å². The van der Waals surface area contributed by atoms with Crippen molar-refractivity contribution in [1.29, 1.82) is 0 Å². The first-order valence-electron chi connectivity index (χ1n) is 5.60. The van der Waals surface area contributed by atoms with E-state index in [2.05, 4.69) is 38.8 Å². The van der Waals surface area contributed by atoms with Crippen LogP contribution in [0, 0.1) is 6.92 Å². The van der Waals surface area contributed by atoms with Gasteiger partial charge in [0.25, 0.3) is 0 Å². The van der Waals surface area contributed by atoms with Crippen LogP contribution in [0.4, 0.5) is 5.82 Å². The SMILES string of the molecule is COCCN(c1ncc(Br)cc1C)C1CC1. The van der Waals surface area contributed by atoms with Gasteiger partial charge in [-0.3, -0.25) is 0 Å². The molecule has 1 heterocycles. The lowest BCUT2D eigenvalue weighted by Crippen LogP contribution is -2.30. The molecule has 0 saturated heterocycles. The maximum Gasteiger partial charge on any atom is 0.131 e. The number of nitrogens with zero attached hydrogens (tertiary/aromatic N) is 2. The highest BCUT2D eigenvalue weighted by Gasteiger charge is 2.30. The highest BCUT2D eigenvalue weighted by atomic mass is 79.9. The Morgan fingerprint density at radius 2 is 2.31 bits per heavy atom. The van der Waals surface area contributed by atoms with Crippen molar-refractivity contribution in [2.24, 2.45) is 0 Å². The Morgan fingerprint density at radius 1 is 1.56 bits per heavy atom. The van der Waals surface area contributed by atoms with E-state index in [1.165, 1.54) is 18.4 Å². The summed E-state index contributed by atoms with van der Waals surface area (Å²) in [7, 11) is 1.74. The number of hydrogen-bond donors (Lipinski definition) is 0. The Labute approximate surface area is 105 Å². The number of pyridine rings is 1. The molecule has 0 bridgehead atoms. The summed E-state index contributed by atoms with van der Waals surface area (Å²) in [5.41, 5.74) is 1.22. The normalized spacial score (nSPS) is 15.2. The first-order chi connectivity index (χ1) is 7.72. The Morgan fingerprint density at radius 3 is 2.88 bits per heavy atom. The monoisotopic (exact) mass is 284 g/mol. The summed E-state index contributed by atoms with van der Waals surface area (Å²) < 4.78 is 6.19. The number of anilines is 1. The van der Waals surface area contributed by atoms with Gasteiger partial charge in [-0.1, -0.05) is 0 Å². The van der Waals surface area contributed by atoms with Crippen LogP contribution in [-0.2, 0) is 4.74 Å². The first-order valence-corrected chi connectivity index (χ1v) is 6.39. The molecule has 0 spiro atoms. The van der Waals surface area contributed by atoms with Crippen LogP contribution in [-0.4, -0.2) is 31.3 Å². The van der Waals surface area contributed by atoms with Crippen LogP contribution in [0.25, 0.3) is 0 Å². The molecule has 4 heteroatoms. The Kier molecular flexibility index (Phi) is 3.82. The van der Waals surface area contributed by atoms with Gasteiger partial charge in [0.05, 0.1) is 6.61 Å². The maximum absolute atomic E-state index is 5.16. The Hall–Kier alpha value is -0.610. The van der Waals surface area contributed by atoms with Gasteiger partial charge >= 0.3 is 0 Å². The van der Waals surface area contributed by atoms with Gasteiger partial charge in [-0.05, 0) is 47.3 Å². The molecule has 0 aromatic carbocycles. The fraction of sp³-hybridized carbons (Fsp3) is 0.583. The predicted octanol–water partition coefficient (Wildman–Crippen LogP) is 2.77. The molecule has 1 aliphatic rings. The summed E-state index contributed by atoms with van der Waals surface area (Å²) in [6.07, 6.45) is 4.42. The van der Waals surface area contributed by atoms with Crippen molar-refractivity contribution < 1.29 is 4.74 Å². The van der Waals surface area contributed by atoms with Gasteiger partial charge in [0, 0.05) is 30.4 Å². The molecule has 0 N–H and O–H groups in total. The second kappa shape index (κ2) is 5.15. The fourth-order valence-corrected chi connectivity index (χ4v) is 2.32. The molecule has 1 fully saturated rings. The molecule has 3 nitrogen and oxygen atoms in total. The van der Waals surface area contributed by atoms with Crippen molar-refractivity contribution in [3.63, 3.8) is 0 Å². The minimum absolute atomic E-state index is 0.669. The largest absolute Gasteiger partial charge is 0.383 e. The molecule has 0 aliphatic heterocycles. The van der Waals surface area contributed by atoms with Crippen LogP contribution in [0.5, 0.6) is 0 Å². The summed E-state index contributed by atoms with van der Waals surface area (Å²) in [6.45, 7) is 3.79. The van der Waals surface area contributed by atoms with Gasteiger partial charge in [-0.25, -0.2) is 4.98 Å². The highest BCUT2D eigenvalue weighted by Crippen LogP contribution is 2.32. The zero-order valence-electron chi connectivity index (χ0n) is 9.74. The maximum atomic E-state index is 5.16. The Bertz CT molecular complexity index is 366. The number of ether oxygens (including phenoxy) is 1. The number of methoxy groups -OCH3 is 1. The summed E-state index contributed by atoms with van der Waals surface area (Å²) in [5, 5.41) is 0. The van der Waals surface area contributed by atoms with E-state index in [4.69, 9.17) is 4.74 Å². The van der Waals surface area contributed by atoms with Crippen molar-refractivity contribution >= 4 is 21.7 Å². The molecule has 1 saturated carbocycles. The summed E-state index contributed by atoms with van der Waals surface area (Å²) in [6, 6.07) is 2.78. The quantitative estimate of drug-likeness (QED) is 0.831. The second-order valence-electron chi connectivity index (χ2n) is 4.21. The lowest BCUT2D eigenvalue weighted by atomic mass is 10.2. The molecule has 88 valence electrons. The third-order valence-corrected chi connectivity index (χ3v) is 3.25. The van der Waals surface area contributed by atoms with E-state index >= 15 is 0 Å². The summed E-state index contributed by atoms with van der Waals surface area (Å²) in [4.78, 5) is 6.88. The molecular weight excluding hydrogens is 268 g/mol. The second-order valence-corrected chi connectivity index (χ2v) is 5.13. The molecule has 1 aromatic rings. The van der Waals surface area contributed by atoms with Gasteiger partial charge in [-0.15, -0.1) is 0 Å². The zero-order chi connectivity index (χ0) is 11.5. The van der Waals surface area contributed by atoms with E-state index in [1.807, 2.05) is 6.20 Å². The van der Waals surface area contributed by atoms with Crippen LogP contribution < -0.4 is 4.90 Å². The van der Waals surface area contributed by atoms with Crippen molar-refractivity contribution in [2.45, 2.75) is 25.8 Å². The van der Waals surface area contributed by atoms with E-state index in [1.54, 1.807) is 7.11 Å². The number of aromatic nitrogens is 1. The molecule has 0 unspecified atom stereocenters. The average molecular weight is 285 g/mol. The molecule has 0 amide bonds. The van der Waals surface area contributed by atoms with Crippen molar-refractivity contribution in [3.8, 4) is 0 Å². The molecule has 1 aromatic heterocycles. The van der Waals surface area contributed by atoms with Crippen LogP contribution in [0.15, 0.2) is 16.7 Å². The minimum atomic E-state index is 0.669. The minimum Gasteiger partial charge on any atom is -0.383 e. The van der Waals surface area contributed by atoms with Crippen molar-refractivity contribution in [1.82, 2.24) is 4.98 Å². The standard InChI is InChI=1S/C12H17BrN2O/c1-9-7-10(13)8-14-12(9)15(5-6-16-2)11-3-4-11/h7-8,11H,3-6H2,1-2H3. The molecule has 1 aliphatic carbocycles. The third kappa shape index (κ3) is 2.74. The molecular formula is C12H17BrN2O. The van der Waals surface area contributed by atoms with Gasteiger partial charge in [-0.2, -0.15) is 0 Å². The van der Waals surface area contributed by atoms with Crippen LogP contribution in [0.1, 0.15) is 18.4 Å². The molecule has 2 rings (SSSR count). The number of aryl methyl sites for hydroxylation is 1.